The second kappa shape index (κ2) is 16.1. The van der Waals surface area contributed by atoms with Crippen LogP contribution in [-0.4, -0.2) is 29.5 Å². The maximum Gasteiger partial charge on any atom is 0.339 e. The van der Waals surface area contributed by atoms with Crippen molar-refractivity contribution >= 4 is 58.6 Å². The van der Waals surface area contributed by atoms with Gasteiger partial charge in [0.1, 0.15) is 0 Å². The molecule has 0 saturated carbocycles. The number of carbonyl (C=O) groups excluding carboxylic acids is 2. The number of benzene rings is 4. The average molecular weight is 610 g/mol. The maximum atomic E-state index is 12.2. The summed E-state index contributed by atoms with van der Waals surface area (Å²) in [5, 5.41) is 29.9. The number of pyridine rings is 1. The Balaban J connectivity index is 1.04. The summed E-state index contributed by atoms with van der Waals surface area (Å²) in [7, 11) is 0. The van der Waals surface area contributed by atoms with Gasteiger partial charge < -0.3 is 10.6 Å². The van der Waals surface area contributed by atoms with Crippen molar-refractivity contribution in [1.82, 2.24) is 15.8 Å². The predicted molar refractivity (Wildman–Crippen MR) is 178 cm³/mol. The molecule has 226 valence electrons. The molecule has 13 heteroatoms. The third-order valence-electron chi connectivity index (χ3n) is 5.84. The minimum atomic E-state index is -0.533. The summed E-state index contributed by atoms with van der Waals surface area (Å²) in [5.74, 6) is 0. The second-order valence-corrected chi connectivity index (χ2v) is 9.30. The van der Waals surface area contributed by atoms with E-state index in [0.29, 0.717) is 34.1 Å². The largest absolute Gasteiger partial charge is 0.339 e. The van der Waals surface area contributed by atoms with E-state index in [0.717, 1.165) is 11.4 Å². The molecule has 0 atom stereocenters. The van der Waals surface area contributed by atoms with Gasteiger partial charge in [0.15, 0.2) is 0 Å². The van der Waals surface area contributed by atoms with E-state index in [1.807, 2.05) is 60.7 Å². The first kappa shape index (κ1) is 30.6. The van der Waals surface area contributed by atoms with E-state index in [2.05, 4.69) is 57.1 Å². The van der Waals surface area contributed by atoms with Crippen LogP contribution < -0.4 is 21.5 Å². The van der Waals surface area contributed by atoms with Crippen LogP contribution in [0.1, 0.15) is 11.4 Å². The fourth-order valence-corrected chi connectivity index (χ4v) is 3.69. The fraction of sp³-hybridized carbons (Fsp3) is 0. The standard InChI is InChI=1S/C33H27N11O2/c45-32(37-24-14-18-28(19-15-24)41-39-26-8-3-1-4-9-26)43-34-22-30-12-7-13-31(36-30)23-35-44-33(46)38-25-16-20-29(21-17-25)42-40-27-10-5-2-6-11-27/h1-23H,(H2,37,43,45)(H2,38,44,46)/b34-22-,35-23+,41-39?,42-40?. The highest BCUT2D eigenvalue weighted by atomic mass is 16.2. The summed E-state index contributed by atoms with van der Waals surface area (Å²) in [6, 6.07) is 36.6. The van der Waals surface area contributed by atoms with Crippen molar-refractivity contribution in [2.24, 2.45) is 30.7 Å². The molecule has 1 aromatic heterocycles. The maximum absolute atomic E-state index is 12.2. The number of urea groups is 2. The first-order valence-electron chi connectivity index (χ1n) is 13.9. The van der Waals surface area contributed by atoms with Crippen LogP contribution in [0.5, 0.6) is 0 Å². The van der Waals surface area contributed by atoms with E-state index >= 15 is 0 Å². The molecular formula is C33H27N11O2. The van der Waals surface area contributed by atoms with Crippen LogP contribution in [0.25, 0.3) is 0 Å². The molecule has 0 saturated heterocycles. The van der Waals surface area contributed by atoms with Gasteiger partial charge >= 0.3 is 12.1 Å². The van der Waals surface area contributed by atoms with E-state index in [1.54, 1.807) is 66.7 Å². The number of azo groups is 2. The number of carbonyl (C=O) groups is 2. The molecule has 4 N–H and O–H groups in total. The number of hydrogen-bond acceptors (Lipinski definition) is 9. The number of amides is 4. The first-order valence-corrected chi connectivity index (χ1v) is 13.9. The molecule has 0 bridgehead atoms. The summed E-state index contributed by atoms with van der Waals surface area (Å²) < 4.78 is 0. The van der Waals surface area contributed by atoms with Crippen LogP contribution in [0.15, 0.2) is 158 Å². The van der Waals surface area contributed by atoms with Crippen LogP contribution in [0.2, 0.25) is 0 Å². The zero-order valence-electron chi connectivity index (χ0n) is 24.2. The van der Waals surface area contributed by atoms with Crippen LogP contribution in [0, 0.1) is 0 Å². The van der Waals surface area contributed by atoms with Crippen LogP contribution in [0.3, 0.4) is 0 Å². The molecule has 0 unspecified atom stereocenters. The Morgan fingerprint density at radius 2 is 0.826 bits per heavy atom. The second-order valence-electron chi connectivity index (χ2n) is 9.30. The average Bonchev–Trinajstić information content (AvgIpc) is 3.09. The third kappa shape index (κ3) is 10.1. The van der Waals surface area contributed by atoms with Crippen molar-refractivity contribution in [3.05, 3.63) is 139 Å². The fourth-order valence-electron chi connectivity index (χ4n) is 3.69. The Morgan fingerprint density at radius 1 is 0.457 bits per heavy atom. The minimum Gasteiger partial charge on any atom is -0.307 e. The summed E-state index contributed by atoms with van der Waals surface area (Å²) in [4.78, 5) is 28.8. The number of hydrogen-bond donors (Lipinski definition) is 4. The molecule has 0 spiro atoms. The van der Waals surface area contributed by atoms with Gasteiger partial charge in [-0.3, -0.25) is 0 Å². The number of nitrogens with one attached hydrogen (secondary N) is 4. The van der Waals surface area contributed by atoms with Crippen molar-refractivity contribution < 1.29 is 9.59 Å². The molecular weight excluding hydrogens is 582 g/mol. The quantitative estimate of drug-likeness (QED) is 0.0712. The molecule has 4 aromatic carbocycles. The highest BCUT2D eigenvalue weighted by Gasteiger charge is 2.02. The molecule has 46 heavy (non-hydrogen) atoms. The van der Waals surface area contributed by atoms with Gasteiger partial charge in [0, 0.05) is 11.4 Å². The number of anilines is 2. The first-order chi connectivity index (χ1) is 22.6. The number of nitrogens with zero attached hydrogens (tertiary/aromatic N) is 7. The van der Waals surface area contributed by atoms with Gasteiger partial charge in [-0.15, -0.1) is 0 Å². The lowest BCUT2D eigenvalue weighted by atomic mass is 10.3. The van der Waals surface area contributed by atoms with Crippen molar-refractivity contribution in [3.63, 3.8) is 0 Å². The Morgan fingerprint density at radius 3 is 1.22 bits per heavy atom. The van der Waals surface area contributed by atoms with Gasteiger partial charge in [-0.1, -0.05) is 42.5 Å². The Hall–Kier alpha value is -6.89. The molecule has 4 amide bonds. The highest BCUT2D eigenvalue weighted by Crippen LogP contribution is 2.21. The monoisotopic (exact) mass is 609 g/mol. The van der Waals surface area contributed by atoms with E-state index in [-0.39, 0.29) is 0 Å². The predicted octanol–water partition coefficient (Wildman–Crippen LogP) is 8.22. The molecule has 0 aliphatic rings. The lowest BCUT2D eigenvalue weighted by molar-refractivity contribution is 0.251. The lowest BCUT2D eigenvalue weighted by Gasteiger charge is -2.04. The van der Waals surface area contributed by atoms with Gasteiger partial charge in [0.05, 0.1) is 46.6 Å². The lowest BCUT2D eigenvalue weighted by Crippen LogP contribution is -2.24. The topological polar surface area (TPSA) is 169 Å². The van der Waals surface area contributed by atoms with Crippen LogP contribution in [0.4, 0.5) is 43.7 Å². The smallest absolute Gasteiger partial charge is 0.307 e. The molecule has 0 radical (unpaired) electrons. The Bertz CT molecular complexity index is 1720. The van der Waals surface area contributed by atoms with E-state index in [4.69, 9.17) is 0 Å². The van der Waals surface area contributed by atoms with Crippen molar-refractivity contribution in [3.8, 4) is 0 Å². The number of aromatic nitrogens is 1. The Labute approximate surface area is 263 Å². The third-order valence-corrected chi connectivity index (χ3v) is 5.84. The number of rotatable bonds is 10. The van der Waals surface area contributed by atoms with Gasteiger partial charge in [0.2, 0.25) is 0 Å². The van der Waals surface area contributed by atoms with Crippen molar-refractivity contribution in [2.45, 2.75) is 0 Å². The number of hydrazone groups is 2. The van der Waals surface area contributed by atoms with Crippen molar-refractivity contribution in [2.75, 3.05) is 10.6 Å². The zero-order valence-corrected chi connectivity index (χ0v) is 24.2. The minimum absolute atomic E-state index is 0.464. The SMILES string of the molecule is O=C(N/N=C\c1cccc(/C=N/NC(=O)Nc2ccc(N=Nc3ccccc3)cc2)n1)Nc1ccc(N=Nc2ccccc2)cc1. The van der Waals surface area contributed by atoms with Gasteiger partial charge in [0.25, 0.3) is 0 Å². The zero-order chi connectivity index (χ0) is 31.8. The van der Waals surface area contributed by atoms with Gasteiger partial charge in [-0.25, -0.2) is 25.4 Å². The van der Waals surface area contributed by atoms with Crippen molar-refractivity contribution in [1.29, 1.82) is 0 Å². The molecule has 5 aromatic rings. The molecule has 5 rings (SSSR count). The van der Waals surface area contributed by atoms with Gasteiger partial charge in [-0.2, -0.15) is 30.7 Å². The molecule has 0 aliphatic carbocycles. The summed E-state index contributed by atoms with van der Waals surface area (Å²) >= 11 is 0. The van der Waals surface area contributed by atoms with Gasteiger partial charge in [-0.05, 0) is 84.9 Å². The summed E-state index contributed by atoms with van der Waals surface area (Å²) in [6.07, 6.45) is 2.76. The highest BCUT2D eigenvalue weighted by molar-refractivity contribution is 5.91. The molecule has 1 heterocycles. The summed E-state index contributed by atoms with van der Waals surface area (Å²) in [6.45, 7) is 0. The normalized spacial score (nSPS) is 11.3. The molecule has 0 fully saturated rings. The molecule has 0 aliphatic heterocycles. The van der Waals surface area contributed by atoms with E-state index in [9.17, 15) is 9.59 Å². The van der Waals surface area contributed by atoms with Crippen LogP contribution in [-0.2, 0) is 0 Å². The van der Waals surface area contributed by atoms with E-state index < -0.39 is 12.1 Å². The Kier molecular flexibility index (Phi) is 10.7. The summed E-state index contributed by atoms with van der Waals surface area (Å²) in [5.41, 5.74) is 9.60. The van der Waals surface area contributed by atoms with Crippen LogP contribution >= 0.6 is 0 Å². The molecule has 13 nitrogen and oxygen atoms in total. The van der Waals surface area contributed by atoms with E-state index in [1.165, 1.54) is 12.4 Å².